The molecule has 1 amide bonds. The average molecular weight is 286 g/mol. The molecule has 1 unspecified atom stereocenters. The Bertz CT molecular complexity index is 634. The lowest BCUT2D eigenvalue weighted by Crippen LogP contribution is -2.31. The molecule has 21 heavy (non-hydrogen) atoms. The van der Waals surface area contributed by atoms with E-state index in [1.807, 2.05) is 29.2 Å². The molecule has 1 atom stereocenters. The van der Waals surface area contributed by atoms with Gasteiger partial charge in [-0.2, -0.15) is 5.10 Å². The van der Waals surface area contributed by atoms with Crippen molar-refractivity contribution in [2.45, 2.75) is 12.8 Å². The van der Waals surface area contributed by atoms with Crippen LogP contribution in [-0.2, 0) is 11.2 Å². The SMILES string of the molecule is CN(C)CC1CCN(C(=O)Cc2[nH]nc3ccccc23)C1. The number of carbonyl (C=O) groups excluding carboxylic acids is 1. The van der Waals surface area contributed by atoms with Crippen molar-refractivity contribution < 1.29 is 4.79 Å². The highest BCUT2D eigenvalue weighted by atomic mass is 16.2. The monoisotopic (exact) mass is 286 g/mol. The van der Waals surface area contributed by atoms with Gasteiger partial charge in [0.05, 0.1) is 17.6 Å². The largest absolute Gasteiger partial charge is 0.342 e. The van der Waals surface area contributed by atoms with E-state index >= 15 is 0 Å². The normalized spacial score (nSPS) is 18.8. The third kappa shape index (κ3) is 3.08. The fourth-order valence-corrected chi connectivity index (χ4v) is 3.14. The van der Waals surface area contributed by atoms with Crippen LogP contribution in [0.2, 0.25) is 0 Å². The number of rotatable bonds is 4. The molecule has 1 aromatic carbocycles. The Morgan fingerprint density at radius 3 is 3.05 bits per heavy atom. The van der Waals surface area contributed by atoms with Gasteiger partial charge in [0, 0.05) is 25.0 Å². The fraction of sp³-hybridized carbons (Fsp3) is 0.500. The van der Waals surface area contributed by atoms with Crippen LogP contribution in [0.25, 0.3) is 10.9 Å². The Morgan fingerprint density at radius 2 is 2.24 bits per heavy atom. The molecule has 1 aromatic heterocycles. The van der Waals surface area contributed by atoms with Crippen LogP contribution in [0, 0.1) is 5.92 Å². The number of hydrogen-bond acceptors (Lipinski definition) is 3. The zero-order valence-electron chi connectivity index (χ0n) is 12.7. The Kier molecular flexibility index (Phi) is 3.92. The molecule has 1 N–H and O–H groups in total. The number of benzene rings is 1. The van der Waals surface area contributed by atoms with Crippen LogP contribution in [0.4, 0.5) is 0 Å². The molecular weight excluding hydrogens is 264 g/mol. The van der Waals surface area contributed by atoms with Crippen molar-refractivity contribution in [2.75, 3.05) is 33.7 Å². The molecule has 1 aliphatic rings. The van der Waals surface area contributed by atoms with Crippen molar-refractivity contribution in [1.82, 2.24) is 20.0 Å². The van der Waals surface area contributed by atoms with Gasteiger partial charge in [0.25, 0.3) is 0 Å². The summed E-state index contributed by atoms with van der Waals surface area (Å²) >= 11 is 0. The van der Waals surface area contributed by atoms with Crippen molar-refractivity contribution >= 4 is 16.8 Å². The molecular formula is C16H22N4O. The van der Waals surface area contributed by atoms with Crippen LogP contribution in [0.15, 0.2) is 24.3 Å². The first kappa shape index (κ1) is 14.1. The molecule has 2 aromatic rings. The number of para-hydroxylation sites is 1. The molecule has 5 nitrogen and oxygen atoms in total. The standard InChI is InChI=1S/C16H22N4O/c1-19(2)10-12-7-8-20(11-12)16(21)9-15-13-5-3-4-6-14(13)17-18-15/h3-6,12H,7-11H2,1-2H3,(H,17,18). The molecule has 1 saturated heterocycles. The van der Waals surface area contributed by atoms with Gasteiger partial charge in [0.1, 0.15) is 0 Å². The maximum atomic E-state index is 12.5. The molecule has 0 radical (unpaired) electrons. The molecule has 112 valence electrons. The number of amides is 1. The second-order valence-corrected chi connectivity index (χ2v) is 6.15. The summed E-state index contributed by atoms with van der Waals surface area (Å²) in [5, 5.41) is 8.31. The molecule has 3 rings (SSSR count). The highest BCUT2D eigenvalue weighted by Crippen LogP contribution is 2.20. The molecule has 1 aliphatic heterocycles. The first-order valence-electron chi connectivity index (χ1n) is 7.48. The summed E-state index contributed by atoms with van der Waals surface area (Å²) in [6.07, 6.45) is 1.52. The average Bonchev–Trinajstić information content (AvgIpc) is 3.06. The van der Waals surface area contributed by atoms with Crippen LogP contribution in [0.5, 0.6) is 0 Å². The summed E-state index contributed by atoms with van der Waals surface area (Å²) in [7, 11) is 4.17. The minimum atomic E-state index is 0.200. The van der Waals surface area contributed by atoms with Crippen molar-refractivity contribution in [1.29, 1.82) is 0 Å². The first-order valence-corrected chi connectivity index (χ1v) is 7.48. The molecule has 0 spiro atoms. The molecule has 0 bridgehead atoms. The van der Waals surface area contributed by atoms with Gasteiger partial charge in [-0.05, 0) is 32.5 Å². The summed E-state index contributed by atoms with van der Waals surface area (Å²) in [4.78, 5) is 16.6. The maximum absolute atomic E-state index is 12.5. The number of H-pyrrole nitrogens is 1. The number of nitrogens with one attached hydrogen (secondary N) is 1. The fourth-order valence-electron chi connectivity index (χ4n) is 3.14. The van der Waals surface area contributed by atoms with Gasteiger partial charge in [-0.15, -0.1) is 0 Å². The maximum Gasteiger partial charge on any atom is 0.228 e. The van der Waals surface area contributed by atoms with E-state index in [0.717, 1.165) is 42.7 Å². The first-order chi connectivity index (χ1) is 10.1. The van der Waals surface area contributed by atoms with E-state index in [0.29, 0.717) is 12.3 Å². The zero-order chi connectivity index (χ0) is 14.8. The number of likely N-dealkylation sites (tertiary alicyclic amines) is 1. The van der Waals surface area contributed by atoms with Gasteiger partial charge in [-0.3, -0.25) is 9.89 Å². The van der Waals surface area contributed by atoms with Gasteiger partial charge in [0.2, 0.25) is 5.91 Å². The lowest BCUT2D eigenvalue weighted by atomic mass is 10.1. The summed E-state index contributed by atoms with van der Waals surface area (Å²) in [6.45, 7) is 2.81. The Balaban J connectivity index is 1.64. The third-order valence-electron chi connectivity index (χ3n) is 4.13. The minimum absolute atomic E-state index is 0.200. The molecule has 2 heterocycles. The second-order valence-electron chi connectivity index (χ2n) is 6.15. The van der Waals surface area contributed by atoms with Crippen LogP contribution < -0.4 is 0 Å². The van der Waals surface area contributed by atoms with Crippen molar-refractivity contribution in [3.63, 3.8) is 0 Å². The van der Waals surface area contributed by atoms with Gasteiger partial charge in [-0.25, -0.2) is 0 Å². The number of nitrogens with zero attached hydrogens (tertiary/aromatic N) is 3. The molecule has 0 aliphatic carbocycles. The zero-order valence-corrected chi connectivity index (χ0v) is 12.7. The molecule has 5 heteroatoms. The lowest BCUT2D eigenvalue weighted by molar-refractivity contribution is -0.129. The Hall–Kier alpha value is -1.88. The van der Waals surface area contributed by atoms with E-state index in [1.165, 1.54) is 0 Å². The van der Waals surface area contributed by atoms with Crippen molar-refractivity contribution in [3.8, 4) is 0 Å². The number of carbonyl (C=O) groups is 1. The molecule has 0 saturated carbocycles. The lowest BCUT2D eigenvalue weighted by Gasteiger charge is -2.18. The predicted molar refractivity (Wildman–Crippen MR) is 83.0 cm³/mol. The van der Waals surface area contributed by atoms with E-state index < -0.39 is 0 Å². The Labute approximate surface area is 124 Å². The number of aromatic amines is 1. The van der Waals surface area contributed by atoms with Gasteiger partial charge in [-0.1, -0.05) is 18.2 Å². The van der Waals surface area contributed by atoms with Crippen LogP contribution in [0.1, 0.15) is 12.1 Å². The Morgan fingerprint density at radius 1 is 1.43 bits per heavy atom. The van der Waals surface area contributed by atoms with Crippen molar-refractivity contribution in [2.24, 2.45) is 5.92 Å². The smallest absolute Gasteiger partial charge is 0.228 e. The van der Waals surface area contributed by atoms with E-state index in [2.05, 4.69) is 29.2 Å². The number of fused-ring (bicyclic) bond motifs is 1. The van der Waals surface area contributed by atoms with Crippen LogP contribution in [0.3, 0.4) is 0 Å². The van der Waals surface area contributed by atoms with E-state index in [9.17, 15) is 4.79 Å². The van der Waals surface area contributed by atoms with Gasteiger partial charge in [0.15, 0.2) is 0 Å². The van der Waals surface area contributed by atoms with E-state index in [-0.39, 0.29) is 5.91 Å². The third-order valence-corrected chi connectivity index (χ3v) is 4.13. The summed E-state index contributed by atoms with van der Waals surface area (Å²) in [6, 6.07) is 7.92. The second kappa shape index (κ2) is 5.85. The topological polar surface area (TPSA) is 52.2 Å². The summed E-state index contributed by atoms with van der Waals surface area (Å²) < 4.78 is 0. The molecule has 1 fully saturated rings. The van der Waals surface area contributed by atoms with Crippen molar-refractivity contribution in [3.05, 3.63) is 30.0 Å². The van der Waals surface area contributed by atoms with E-state index in [1.54, 1.807) is 0 Å². The number of hydrogen-bond donors (Lipinski definition) is 1. The van der Waals surface area contributed by atoms with Crippen LogP contribution in [-0.4, -0.2) is 59.6 Å². The van der Waals surface area contributed by atoms with Crippen LogP contribution >= 0.6 is 0 Å². The van der Waals surface area contributed by atoms with E-state index in [4.69, 9.17) is 0 Å². The highest BCUT2D eigenvalue weighted by Gasteiger charge is 2.26. The quantitative estimate of drug-likeness (QED) is 0.927. The van der Waals surface area contributed by atoms with Gasteiger partial charge >= 0.3 is 0 Å². The van der Waals surface area contributed by atoms with Gasteiger partial charge < -0.3 is 9.80 Å². The highest BCUT2D eigenvalue weighted by molar-refractivity contribution is 5.87. The predicted octanol–water partition coefficient (Wildman–Crippen LogP) is 1.52. The number of aromatic nitrogens is 2. The summed E-state index contributed by atoms with van der Waals surface area (Å²) in [5.41, 5.74) is 1.85. The minimum Gasteiger partial charge on any atom is -0.342 e. The summed E-state index contributed by atoms with van der Waals surface area (Å²) in [5.74, 6) is 0.799.